The van der Waals surface area contributed by atoms with Crippen LogP contribution in [-0.2, 0) is 21.5 Å². The fraction of sp³-hybridized carbons (Fsp3) is 0.353. The summed E-state index contributed by atoms with van der Waals surface area (Å²) >= 11 is 1.50. The number of cyclic esters (lactones) is 1. The van der Waals surface area contributed by atoms with E-state index in [9.17, 15) is 9.59 Å². The average molecular weight is 330 g/mol. The first kappa shape index (κ1) is 15.7. The molecule has 23 heavy (non-hydrogen) atoms. The Balaban J connectivity index is 1.76. The van der Waals surface area contributed by atoms with E-state index in [1.165, 1.54) is 11.3 Å². The van der Waals surface area contributed by atoms with Gasteiger partial charge in [-0.1, -0.05) is 18.2 Å². The summed E-state index contributed by atoms with van der Waals surface area (Å²) in [5.74, 6) is -0.749. The molecule has 0 radical (unpaired) electrons. The SMILES string of the molecule is Cc1csc(C(C)(C)NC(=O)C2Cc3ccccc3C(=O)O2)n1. The molecule has 0 bridgehead atoms. The second-order valence-corrected chi connectivity index (χ2v) is 7.02. The van der Waals surface area contributed by atoms with Crippen LogP contribution in [0.2, 0.25) is 0 Å². The first-order chi connectivity index (χ1) is 10.9. The number of esters is 1. The number of carbonyl (C=O) groups excluding carboxylic acids is 2. The zero-order valence-corrected chi connectivity index (χ0v) is 14.1. The minimum Gasteiger partial charge on any atom is -0.448 e. The summed E-state index contributed by atoms with van der Waals surface area (Å²) in [7, 11) is 0. The minimum atomic E-state index is -0.808. The van der Waals surface area contributed by atoms with Gasteiger partial charge in [0.25, 0.3) is 5.91 Å². The number of hydrogen-bond acceptors (Lipinski definition) is 5. The Hall–Kier alpha value is -2.21. The molecule has 1 aromatic carbocycles. The number of ether oxygens (including phenoxy) is 1. The highest BCUT2D eigenvalue weighted by atomic mass is 32.1. The summed E-state index contributed by atoms with van der Waals surface area (Å²) in [6.07, 6.45) is -0.418. The number of aryl methyl sites for hydroxylation is 1. The lowest BCUT2D eigenvalue weighted by Gasteiger charge is -2.29. The summed E-state index contributed by atoms with van der Waals surface area (Å²) in [5.41, 5.74) is 1.68. The molecule has 1 aliphatic heterocycles. The van der Waals surface area contributed by atoms with E-state index in [1.54, 1.807) is 12.1 Å². The first-order valence-corrected chi connectivity index (χ1v) is 8.28. The van der Waals surface area contributed by atoms with Crippen molar-refractivity contribution in [2.45, 2.75) is 38.8 Å². The van der Waals surface area contributed by atoms with Crippen molar-refractivity contribution in [1.82, 2.24) is 10.3 Å². The van der Waals surface area contributed by atoms with Crippen molar-refractivity contribution in [3.63, 3.8) is 0 Å². The molecule has 3 rings (SSSR count). The molecule has 1 amide bonds. The summed E-state index contributed by atoms with van der Waals surface area (Å²) < 4.78 is 5.29. The number of thiazole rings is 1. The molecule has 0 saturated carbocycles. The van der Waals surface area contributed by atoms with Crippen molar-refractivity contribution < 1.29 is 14.3 Å². The smallest absolute Gasteiger partial charge is 0.339 e. The molecule has 0 aliphatic carbocycles. The molecule has 2 heterocycles. The molecule has 6 heteroatoms. The number of rotatable bonds is 3. The molecule has 0 saturated heterocycles. The number of amides is 1. The number of hydrogen-bond donors (Lipinski definition) is 1. The van der Waals surface area contributed by atoms with Gasteiger partial charge in [-0.05, 0) is 32.4 Å². The van der Waals surface area contributed by atoms with Crippen LogP contribution in [0.25, 0.3) is 0 Å². The van der Waals surface area contributed by atoms with E-state index in [2.05, 4.69) is 10.3 Å². The summed E-state index contributed by atoms with van der Waals surface area (Å²) in [6.45, 7) is 5.70. The van der Waals surface area contributed by atoms with Gasteiger partial charge in [-0.3, -0.25) is 4.79 Å². The van der Waals surface area contributed by atoms with Crippen LogP contribution in [-0.4, -0.2) is 23.0 Å². The van der Waals surface area contributed by atoms with Gasteiger partial charge in [-0.2, -0.15) is 0 Å². The normalized spacial score (nSPS) is 17.3. The highest BCUT2D eigenvalue weighted by Gasteiger charge is 2.35. The highest BCUT2D eigenvalue weighted by molar-refractivity contribution is 7.09. The summed E-state index contributed by atoms with van der Waals surface area (Å²) in [4.78, 5) is 29.0. The van der Waals surface area contributed by atoms with Gasteiger partial charge in [-0.25, -0.2) is 9.78 Å². The average Bonchev–Trinajstić information content (AvgIpc) is 2.94. The number of fused-ring (bicyclic) bond motifs is 1. The van der Waals surface area contributed by atoms with E-state index in [0.717, 1.165) is 16.3 Å². The van der Waals surface area contributed by atoms with E-state index < -0.39 is 17.6 Å². The van der Waals surface area contributed by atoms with Crippen LogP contribution in [0.4, 0.5) is 0 Å². The maximum absolute atomic E-state index is 12.5. The third-order valence-electron chi connectivity index (χ3n) is 3.77. The van der Waals surface area contributed by atoms with E-state index in [-0.39, 0.29) is 5.91 Å². The Morgan fingerprint density at radius 1 is 1.39 bits per heavy atom. The molecular weight excluding hydrogens is 312 g/mol. The third kappa shape index (κ3) is 3.12. The highest BCUT2D eigenvalue weighted by Crippen LogP contribution is 2.25. The Morgan fingerprint density at radius 2 is 2.13 bits per heavy atom. The molecule has 1 N–H and O–H groups in total. The predicted octanol–water partition coefficient (Wildman–Crippen LogP) is 2.58. The molecule has 0 spiro atoms. The van der Waals surface area contributed by atoms with Crippen LogP contribution < -0.4 is 5.32 Å². The maximum Gasteiger partial charge on any atom is 0.339 e. The zero-order valence-electron chi connectivity index (χ0n) is 13.3. The van der Waals surface area contributed by atoms with Gasteiger partial charge in [-0.15, -0.1) is 11.3 Å². The van der Waals surface area contributed by atoms with Gasteiger partial charge in [0.05, 0.1) is 11.1 Å². The van der Waals surface area contributed by atoms with Crippen LogP contribution in [0, 0.1) is 6.92 Å². The third-order valence-corrected chi connectivity index (χ3v) is 5.06. The van der Waals surface area contributed by atoms with Gasteiger partial charge in [0, 0.05) is 17.5 Å². The lowest BCUT2D eigenvalue weighted by atomic mass is 9.97. The van der Waals surface area contributed by atoms with Crippen molar-refractivity contribution in [3.05, 3.63) is 51.5 Å². The van der Waals surface area contributed by atoms with Crippen LogP contribution in [0.5, 0.6) is 0 Å². The molecule has 1 atom stereocenters. The molecule has 1 unspecified atom stereocenters. The number of aromatic nitrogens is 1. The second kappa shape index (κ2) is 5.77. The van der Waals surface area contributed by atoms with Crippen molar-refractivity contribution in [3.8, 4) is 0 Å². The zero-order chi connectivity index (χ0) is 16.6. The second-order valence-electron chi connectivity index (χ2n) is 6.16. The van der Waals surface area contributed by atoms with Crippen LogP contribution in [0.1, 0.15) is 40.5 Å². The standard InChI is InChI=1S/C17H18N2O3S/c1-10-9-23-16(18-10)17(2,3)19-14(20)13-8-11-6-4-5-7-12(11)15(21)22-13/h4-7,9,13H,8H2,1-3H3,(H,19,20). The van der Waals surface area contributed by atoms with Crippen molar-refractivity contribution >= 4 is 23.2 Å². The molecule has 1 aliphatic rings. The largest absolute Gasteiger partial charge is 0.448 e. The molecule has 1 aromatic heterocycles. The molecule has 2 aromatic rings. The fourth-order valence-corrected chi connectivity index (χ4v) is 3.44. The van der Waals surface area contributed by atoms with Gasteiger partial charge in [0.15, 0.2) is 6.10 Å². The summed E-state index contributed by atoms with van der Waals surface area (Å²) in [6, 6.07) is 7.21. The van der Waals surface area contributed by atoms with Crippen molar-refractivity contribution in [2.75, 3.05) is 0 Å². The van der Waals surface area contributed by atoms with Crippen LogP contribution in [0.3, 0.4) is 0 Å². The van der Waals surface area contributed by atoms with Crippen LogP contribution in [0.15, 0.2) is 29.6 Å². The molecule has 0 fully saturated rings. The number of carbonyl (C=O) groups is 2. The lowest BCUT2D eigenvalue weighted by Crippen LogP contribution is -2.49. The van der Waals surface area contributed by atoms with Crippen LogP contribution >= 0.6 is 11.3 Å². The molecule has 120 valence electrons. The number of nitrogens with zero attached hydrogens (tertiary/aromatic N) is 1. The predicted molar refractivity (Wildman–Crippen MR) is 87.4 cm³/mol. The first-order valence-electron chi connectivity index (χ1n) is 7.40. The Morgan fingerprint density at radius 3 is 2.83 bits per heavy atom. The van der Waals surface area contributed by atoms with E-state index in [0.29, 0.717) is 12.0 Å². The lowest BCUT2D eigenvalue weighted by molar-refractivity contribution is -0.132. The maximum atomic E-state index is 12.5. The van der Waals surface area contributed by atoms with Crippen molar-refractivity contribution in [1.29, 1.82) is 0 Å². The van der Waals surface area contributed by atoms with E-state index in [1.807, 2.05) is 38.3 Å². The fourth-order valence-electron chi connectivity index (χ4n) is 2.56. The summed E-state index contributed by atoms with van der Waals surface area (Å²) in [5, 5.41) is 5.71. The van der Waals surface area contributed by atoms with Gasteiger partial charge < -0.3 is 10.1 Å². The van der Waals surface area contributed by atoms with Gasteiger partial charge >= 0.3 is 5.97 Å². The Bertz CT molecular complexity index is 767. The van der Waals surface area contributed by atoms with E-state index in [4.69, 9.17) is 4.74 Å². The molecule has 5 nitrogen and oxygen atoms in total. The number of nitrogens with one attached hydrogen (secondary N) is 1. The molecular formula is C17H18N2O3S. The van der Waals surface area contributed by atoms with Gasteiger partial charge in [0.1, 0.15) is 5.01 Å². The quantitative estimate of drug-likeness (QED) is 0.878. The Labute approximate surface area is 138 Å². The monoisotopic (exact) mass is 330 g/mol. The topological polar surface area (TPSA) is 68.3 Å². The van der Waals surface area contributed by atoms with Gasteiger partial charge in [0.2, 0.25) is 0 Å². The minimum absolute atomic E-state index is 0.300. The van der Waals surface area contributed by atoms with Crippen molar-refractivity contribution in [2.24, 2.45) is 0 Å². The van der Waals surface area contributed by atoms with E-state index >= 15 is 0 Å². The Kier molecular flexibility index (Phi) is 3.93. The number of benzene rings is 1.